The van der Waals surface area contributed by atoms with Gasteiger partial charge in [-0.1, -0.05) is 38.1 Å². The maximum absolute atomic E-state index is 13.2. The van der Waals surface area contributed by atoms with Crippen molar-refractivity contribution in [2.75, 3.05) is 6.54 Å². The Labute approximate surface area is 149 Å². The van der Waals surface area contributed by atoms with Gasteiger partial charge in [-0.3, -0.25) is 4.79 Å². The molecule has 1 aliphatic heterocycles. The quantitative estimate of drug-likeness (QED) is 0.853. The summed E-state index contributed by atoms with van der Waals surface area (Å²) in [5.74, 6) is 0.854. The van der Waals surface area contributed by atoms with E-state index in [1.807, 2.05) is 43.3 Å². The van der Waals surface area contributed by atoms with Crippen LogP contribution >= 0.6 is 0 Å². The molecule has 2 aromatic carbocycles. The van der Waals surface area contributed by atoms with Gasteiger partial charge in [0, 0.05) is 18.2 Å². The molecule has 1 heterocycles. The van der Waals surface area contributed by atoms with Crippen LogP contribution < -0.4 is 0 Å². The van der Waals surface area contributed by atoms with Gasteiger partial charge in [0.25, 0.3) is 5.91 Å². The molecular formula is C22H25NO2. The Hall–Kier alpha value is -2.29. The smallest absolute Gasteiger partial charge is 0.254 e. The lowest BCUT2D eigenvalue weighted by atomic mass is 9.59. The maximum Gasteiger partial charge on any atom is 0.254 e. The standard InChI is InChI=1S/C22H25NO2/c1-14-6-4-5-7-18(14)21(25)23-11-10-22(3)15(2)20(23)12-16-8-9-17(24)13-19(16)22/h4-9,13,15,20,24H,10-12H2,1-3H3. The summed E-state index contributed by atoms with van der Waals surface area (Å²) in [7, 11) is 0. The number of likely N-dealkylation sites (tertiary alicyclic amines) is 1. The van der Waals surface area contributed by atoms with Gasteiger partial charge in [-0.25, -0.2) is 0 Å². The van der Waals surface area contributed by atoms with Crippen LogP contribution in [0, 0.1) is 12.8 Å². The van der Waals surface area contributed by atoms with E-state index in [2.05, 4.69) is 18.7 Å². The summed E-state index contributed by atoms with van der Waals surface area (Å²) < 4.78 is 0. The van der Waals surface area contributed by atoms with Crippen LogP contribution in [0.25, 0.3) is 0 Å². The molecule has 0 aromatic heterocycles. The Morgan fingerprint density at radius 2 is 2.00 bits per heavy atom. The van der Waals surface area contributed by atoms with Crippen molar-refractivity contribution in [3.05, 3.63) is 64.7 Å². The van der Waals surface area contributed by atoms with Crippen molar-refractivity contribution in [2.45, 2.75) is 45.1 Å². The predicted molar refractivity (Wildman–Crippen MR) is 98.9 cm³/mol. The van der Waals surface area contributed by atoms with Crippen molar-refractivity contribution in [2.24, 2.45) is 5.92 Å². The van der Waals surface area contributed by atoms with Crippen molar-refractivity contribution >= 4 is 5.91 Å². The summed E-state index contributed by atoms with van der Waals surface area (Å²) >= 11 is 0. The van der Waals surface area contributed by atoms with Gasteiger partial charge in [0.15, 0.2) is 0 Å². The number of amides is 1. The van der Waals surface area contributed by atoms with E-state index in [-0.39, 0.29) is 17.4 Å². The molecule has 0 radical (unpaired) electrons. The van der Waals surface area contributed by atoms with E-state index >= 15 is 0 Å². The molecule has 1 aliphatic carbocycles. The first-order valence-corrected chi connectivity index (χ1v) is 9.11. The van der Waals surface area contributed by atoms with Crippen molar-refractivity contribution in [1.29, 1.82) is 0 Å². The number of aromatic hydroxyl groups is 1. The van der Waals surface area contributed by atoms with E-state index in [9.17, 15) is 9.90 Å². The lowest BCUT2D eigenvalue weighted by Crippen LogP contribution is -2.59. The van der Waals surface area contributed by atoms with Crippen LogP contribution in [-0.4, -0.2) is 28.5 Å². The SMILES string of the molecule is Cc1ccccc1C(=O)N1CCC2(C)c3cc(O)ccc3CC1C2C. The van der Waals surface area contributed by atoms with Gasteiger partial charge in [-0.15, -0.1) is 0 Å². The minimum absolute atomic E-state index is 0.0134. The molecule has 4 rings (SSSR count). The number of benzene rings is 2. The third-order valence-corrected chi connectivity index (χ3v) is 6.63. The summed E-state index contributed by atoms with van der Waals surface area (Å²) in [6.45, 7) is 7.32. The molecule has 0 saturated carbocycles. The number of fused-ring (bicyclic) bond motifs is 4. The molecule has 2 aliphatic rings. The molecule has 3 heteroatoms. The zero-order chi connectivity index (χ0) is 17.8. The Morgan fingerprint density at radius 3 is 2.76 bits per heavy atom. The fourth-order valence-corrected chi connectivity index (χ4v) is 4.83. The van der Waals surface area contributed by atoms with E-state index in [1.165, 1.54) is 11.1 Å². The largest absolute Gasteiger partial charge is 0.508 e. The Balaban J connectivity index is 1.74. The summed E-state index contributed by atoms with van der Waals surface area (Å²) in [4.78, 5) is 15.3. The second-order valence-corrected chi connectivity index (χ2v) is 7.88. The van der Waals surface area contributed by atoms with E-state index in [0.717, 1.165) is 30.5 Å². The topological polar surface area (TPSA) is 40.5 Å². The molecule has 130 valence electrons. The molecular weight excluding hydrogens is 310 g/mol. The van der Waals surface area contributed by atoms with Crippen LogP contribution in [0.4, 0.5) is 0 Å². The summed E-state index contributed by atoms with van der Waals surface area (Å²) in [6.07, 6.45) is 1.79. The number of carbonyl (C=O) groups excluding carboxylic acids is 1. The highest BCUT2D eigenvalue weighted by Crippen LogP contribution is 2.49. The number of phenolic OH excluding ortho intramolecular Hbond substituents is 1. The van der Waals surface area contributed by atoms with Gasteiger partial charge in [0.2, 0.25) is 0 Å². The molecule has 3 unspecified atom stereocenters. The van der Waals surface area contributed by atoms with Crippen LogP contribution in [0.15, 0.2) is 42.5 Å². The highest BCUT2D eigenvalue weighted by molar-refractivity contribution is 5.96. The number of hydrogen-bond donors (Lipinski definition) is 1. The monoisotopic (exact) mass is 335 g/mol. The van der Waals surface area contributed by atoms with Gasteiger partial charge >= 0.3 is 0 Å². The van der Waals surface area contributed by atoms with Crippen LogP contribution in [0.1, 0.15) is 47.3 Å². The average molecular weight is 335 g/mol. The normalized spacial score (nSPS) is 27.7. The second-order valence-electron chi connectivity index (χ2n) is 7.88. The number of phenols is 1. The van der Waals surface area contributed by atoms with Gasteiger partial charge in [0.1, 0.15) is 5.75 Å². The summed E-state index contributed by atoms with van der Waals surface area (Å²) in [5, 5.41) is 9.94. The molecule has 25 heavy (non-hydrogen) atoms. The molecule has 1 N–H and O–H groups in total. The second kappa shape index (κ2) is 5.62. The van der Waals surface area contributed by atoms with Crippen LogP contribution in [-0.2, 0) is 11.8 Å². The minimum Gasteiger partial charge on any atom is -0.508 e. The van der Waals surface area contributed by atoms with Crippen LogP contribution in [0.5, 0.6) is 5.75 Å². The van der Waals surface area contributed by atoms with E-state index < -0.39 is 0 Å². The first-order valence-electron chi connectivity index (χ1n) is 9.11. The molecule has 3 nitrogen and oxygen atoms in total. The summed E-state index contributed by atoms with van der Waals surface area (Å²) in [6, 6.07) is 13.8. The Bertz CT molecular complexity index is 844. The van der Waals surface area contributed by atoms with E-state index in [0.29, 0.717) is 11.7 Å². The molecule has 0 spiro atoms. The minimum atomic E-state index is 0.0134. The van der Waals surface area contributed by atoms with Crippen molar-refractivity contribution in [1.82, 2.24) is 4.90 Å². The van der Waals surface area contributed by atoms with Gasteiger partial charge in [-0.05, 0) is 66.0 Å². The molecule has 2 bridgehead atoms. The van der Waals surface area contributed by atoms with Gasteiger partial charge in [0.05, 0.1) is 0 Å². The lowest BCUT2D eigenvalue weighted by Gasteiger charge is -2.54. The highest BCUT2D eigenvalue weighted by atomic mass is 16.3. The number of hydrogen-bond acceptors (Lipinski definition) is 2. The number of carbonyl (C=O) groups is 1. The first kappa shape index (κ1) is 16.2. The number of rotatable bonds is 1. The van der Waals surface area contributed by atoms with E-state index in [1.54, 1.807) is 6.07 Å². The van der Waals surface area contributed by atoms with Crippen LogP contribution in [0.3, 0.4) is 0 Å². The molecule has 1 amide bonds. The predicted octanol–water partition coefficient (Wildman–Crippen LogP) is 4.07. The van der Waals surface area contributed by atoms with Gasteiger partial charge < -0.3 is 10.0 Å². The van der Waals surface area contributed by atoms with Crippen molar-refractivity contribution in [3.63, 3.8) is 0 Å². The molecule has 1 fully saturated rings. The number of nitrogens with zero attached hydrogens (tertiary/aromatic N) is 1. The highest BCUT2D eigenvalue weighted by Gasteiger charge is 2.49. The lowest BCUT2D eigenvalue weighted by molar-refractivity contribution is 0.0249. The van der Waals surface area contributed by atoms with E-state index in [4.69, 9.17) is 0 Å². The summed E-state index contributed by atoms with van der Waals surface area (Å²) in [5.41, 5.74) is 4.40. The third-order valence-electron chi connectivity index (χ3n) is 6.63. The maximum atomic E-state index is 13.2. The molecule has 2 aromatic rings. The Morgan fingerprint density at radius 1 is 1.24 bits per heavy atom. The molecule has 1 saturated heterocycles. The Kier molecular flexibility index (Phi) is 3.64. The van der Waals surface area contributed by atoms with Crippen LogP contribution in [0.2, 0.25) is 0 Å². The zero-order valence-corrected chi connectivity index (χ0v) is 15.1. The van der Waals surface area contributed by atoms with Crippen molar-refractivity contribution in [3.8, 4) is 5.75 Å². The fourth-order valence-electron chi connectivity index (χ4n) is 4.83. The number of piperidine rings is 1. The molecule has 3 atom stereocenters. The fraction of sp³-hybridized carbons (Fsp3) is 0.409. The average Bonchev–Trinajstić information content (AvgIpc) is 2.59. The third kappa shape index (κ3) is 2.37. The number of aryl methyl sites for hydroxylation is 1. The van der Waals surface area contributed by atoms with Crippen molar-refractivity contribution < 1.29 is 9.90 Å². The van der Waals surface area contributed by atoms with Gasteiger partial charge in [-0.2, -0.15) is 0 Å². The first-order chi connectivity index (χ1) is 11.9. The zero-order valence-electron chi connectivity index (χ0n) is 15.1.